The van der Waals surface area contributed by atoms with Crippen LogP contribution in [0.15, 0.2) is 18.2 Å². The van der Waals surface area contributed by atoms with Gasteiger partial charge in [0.15, 0.2) is 0 Å². The third-order valence-corrected chi connectivity index (χ3v) is 5.06. The fourth-order valence-corrected chi connectivity index (χ4v) is 3.95. The summed E-state index contributed by atoms with van der Waals surface area (Å²) in [6.07, 6.45) is 0. The highest BCUT2D eigenvalue weighted by molar-refractivity contribution is 8.24. The van der Waals surface area contributed by atoms with Gasteiger partial charge in [-0.05, 0) is 25.1 Å². The lowest BCUT2D eigenvalue weighted by Crippen LogP contribution is -2.28. The minimum atomic E-state index is -0.147. The monoisotopic (exact) mass is 309 g/mol. The number of rotatable bonds is 3. The number of thiocarbonyl (C=S) groups is 1. The number of aryl methyl sites for hydroxylation is 1. The van der Waals surface area contributed by atoms with Gasteiger partial charge in [-0.25, -0.2) is 4.98 Å². The quantitative estimate of drug-likeness (QED) is 0.853. The number of nitrogens with one attached hydrogen (secondary N) is 2. The average Bonchev–Trinajstić information content (AvgIpc) is 2.87. The maximum absolute atomic E-state index is 11.6. The number of thiazole rings is 1. The Morgan fingerprint density at radius 2 is 2.37 bits per heavy atom. The van der Waals surface area contributed by atoms with Crippen LogP contribution in [-0.2, 0) is 4.79 Å². The van der Waals surface area contributed by atoms with Crippen LogP contribution in [-0.4, -0.2) is 27.0 Å². The molecule has 0 radical (unpaired) electrons. The van der Waals surface area contributed by atoms with Crippen molar-refractivity contribution < 1.29 is 4.79 Å². The molecule has 2 heterocycles. The summed E-state index contributed by atoms with van der Waals surface area (Å²) in [4.78, 5) is 16.0. The minimum absolute atomic E-state index is 0.0165. The number of hydrogen-bond acceptors (Lipinski definition) is 6. The number of nitrogens with zero attached hydrogens (tertiary/aromatic N) is 1. The summed E-state index contributed by atoms with van der Waals surface area (Å²) < 4.78 is 1.71. The van der Waals surface area contributed by atoms with Crippen LogP contribution in [0.25, 0.3) is 10.2 Å². The molecule has 1 saturated heterocycles. The Balaban J connectivity index is 1.71. The van der Waals surface area contributed by atoms with Crippen molar-refractivity contribution in [3.8, 4) is 0 Å². The molecule has 1 aliphatic heterocycles. The third kappa shape index (κ3) is 2.72. The molecular formula is C12H11N3OS3. The molecule has 7 heteroatoms. The van der Waals surface area contributed by atoms with E-state index < -0.39 is 0 Å². The summed E-state index contributed by atoms with van der Waals surface area (Å²) in [6, 6.07) is 6.04. The number of amides is 1. The first-order valence-corrected chi connectivity index (χ1v) is 7.85. The Bertz CT molecular complexity index is 667. The Kier molecular flexibility index (Phi) is 3.42. The van der Waals surface area contributed by atoms with Crippen molar-refractivity contribution in [2.45, 2.75) is 12.2 Å². The van der Waals surface area contributed by atoms with E-state index >= 15 is 0 Å². The standard InChI is InChI=1S/C12H11N3OS3/c1-6-14-8-3-2-7(4-9(8)18-6)13-5-10-11(16)15-12(17)19-10/h2-4,10,13H,5H2,1H3,(H,15,16,17)/t10-/m0/s1. The van der Waals surface area contributed by atoms with Crippen molar-refractivity contribution in [3.05, 3.63) is 23.2 Å². The molecule has 0 saturated carbocycles. The van der Waals surface area contributed by atoms with E-state index in [0.29, 0.717) is 10.9 Å². The first kappa shape index (κ1) is 12.8. The van der Waals surface area contributed by atoms with Crippen LogP contribution in [0.2, 0.25) is 0 Å². The van der Waals surface area contributed by atoms with Gasteiger partial charge in [0, 0.05) is 12.2 Å². The molecule has 0 aliphatic carbocycles. The molecule has 98 valence electrons. The topological polar surface area (TPSA) is 54.0 Å². The number of aromatic nitrogens is 1. The molecule has 1 amide bonds. The molecule has 4 nitrogen and oxygen atoms in total. The maximum Gasteiger partial charge on any atom is 0.240 e. The Morgan fingerprint density at radius 3 is 3.11 bits per heavy atom. The summed E-state index contributed by atoms with van der Waals surface area (Å²) in [6.45, 7) is 2.57. The SMILES string of the molecule is Cc1nc2ccc(NC[C@@H]3SC(=S)NC3=O)cc2s1. The molecule has 1 aromatic carbocycles. The van der Waals surface area contributed by atoms with E-state index in [0.717, 1.165) is 20.9 Å². The predicted molar refractivity (Wildman–Crippen MR) is 85.0 cm³/mol. The average molecular weight is 309 g/mol. The van der Waals surface area contributed by atoms with Crippen molar-refractivity contribution >= 4 is 61.4 Å². The molecule has 19 heavy (non-hydrogen) atoms. The Hall–Kier alpha value is -1.18. The van der Waals surface area contributed by atoms with E-state index in [9.17, 15) is 4.79 Å². The second-order valence-electron chi connectivity index (χ2n) is 4.18. The smallest absolute Gasteiger partial charge is 0.240 e. The molecule has 3 rings (SSSR count). The van der Waals surface area contributed by atoms with Crippen LogP contribution in [0.4, 0.5) is 5.69 Å². The van der Waals surface area contributed by atoms with E-state index in [1.54, 1.807) is 11.3 Å². The molecule has 1 aliphatic rings. The first-order chi connectivity index (χ1) is 9.11. The highest BCUT2D eigenvalue weighted by Crippen LogP contribution is 2.25. The molecular weight excluding hydrogens is 298 g/mol. The second kappa shape index (κ2) is 5.07. The van der Waals surface area contributed by atoms with Crippen molar-refractivity contribution in [2.75, 3.05) is 11.9 Å². The van der Waals surface area contributed by atoms with Gasteiger partial charge in [0.05, 0.1) is 15.2 Å². The van der Waals surface area contributed by atoms with Gasteiger partial charge < -0.3 is 10.6 Å². The van der Waals surface area contributed by atoms with Crippen LogP contribution in [0, 0.1) is 6.92 Å². The molecule has 0 unspecified atom stereocenters. The number of benzene rings is 1. The van der Waals surface area contributed by atoms with Crippen molar-refractivity contribution in [2.24, 2.45) is 0 Å². The lowest BCUT2D eigenvalue weighted by molar-refractivity contribution is -0.118. The fourth-order valence-electron chi connectivity index (χ4n) is 1.89. The van der Waals surface area contributed by atoms with Gasteiger partial charge in [-0.3, -0.25) is 4.79 Å². The highest BCUT2D eigenvalue weighted by Gasteiger charge is 2.28. The molecule has 1 aromatic heterocycles. The van der Waals surface area contributed by atoms with Crippen LogP contribution >= 0.6 is 35.3 Å². The van der Waals surface area contributed by atoms with Gasteiger partial charge in [-0.2, -0.15) is 0 Å². The van der Waals surface area contributed by atoms with E-state index in [2.05, 4.69) is 21.7 Å². The highest BCUT2D eigenvalue weighted by atomic mass is 32.2. The number of carbonyl (C=O) groups excluding carboxylic acids is 1. The van der Waals surface area contributed by atoms with Gasteiger partial charge in [0.2, 0.25) is 5.91 Å². The fraction of sp³-hybridized carbons (Fsp3) is 0.250. The van der Waals surface area contributed by atoms with Gasteiger partial charge >= 0.3 is 0 Å². The molecule has 0 spiro atoms. The number of carbonyl (C=O) groups is 1. The summed E-state index contributed by atoms with van der Waals surface area (Å²) in [5, 5.41) is 6.83. The van der Waals surface area contributed by atoms with Crippen LogP contribution in [0.5, 0.6) is 0 Å². The number of thioether (sulfide) groups is 1. The molecule has 1 fully saturated rings. The predicted octanol–water partition coefficient (Wildman–Crippen LogP) is 2.53. The Morgan fingerprint density at radius 1 is 1.53 bits per heavy atom. The molecule has 0 bridgehead atoms. The van der Waals surface area contributed by atoms with Crippen molar-refractivity contribution in [3.63, 3.8) is 0 Å². The van der Waals surface area contributed by atoms with Crippen LogP contribution in [0.3, 0.4) is 0 Å². The zero-order valence-electron chi connectivity index (χ0n) is 10.1. The molecule has 1 atom stereocenters. The summed E-state index contributed by atoms with van der Waals surface area (Å²) in [7, 11) is 0. The zero-order chi connectivity index (χ0) is 13.4. The normalized spacial score (nSPS) is 18.9. The molecule has 2 N–H and O–H groups in total. The zero-order valence-corrected chi connectivity index (χ0v) is 12.5. The van der Waals surface area contributed by atoms with Crippen LogP contribution < -0.4 is 10.6 Å². The molecule has 2 aromatic rings. The van der Waals surface area contributed by atoms with Crippen molar-refractivity contribution in [1.82, 2.24) is 10.3 Å². The Labute approximate surface area is 124 Å². The lowest BCUT2D eigenvalue weighted by atomic mass is 10.3. The lowest BCUT2D eigenvalue weighted by Gasteiger charge is -2.08. The summed E-state index contributed by atoms with van der Waals surface area (Å²) in [5.41, 5.74) is 2.02. The number of fused-ring (bicyclic) bond motifs is 1. The first-order valence-electron chi connectivity index (χ1n) is 5.74. The van der Waals surface area contributed by atoms with Crippen molar-refractivity contribution in [1.29, 1.82) is 0 Å². The summed E-state index contributed by atoms with van der Waals surface area (Å²) >= 11 is 8.03. The van der Waals surface area contributed by atoms with E-state index in [4.69, 9.17) is 12.2 Å². The number of anilines is 1. The third-order valence-electron chi connectivity index (χ3n) is 2.75. The number of hydrogen-bond donors (Lipinski definition) is 2. The van der Waals surface area contributed by atoms with E-state index in [-0.39, 0.29) is 11.2 Å². The second-order valence-corrected chi connectivity index (χ2v) is 7.29. The van der Waals surface area contributed by atoms with Gasteiger partial charge in [0.1, 0.15) is 9.57 Å². The van der Waals surface area contributed by atoms with Gasteiger partial charge in [-0.15, -0.1) is 11.3 Å². The minimum Gasteiger partial charge on any atom is -0.383 e. The maximum atomic E-state index is 11.6. The van der Waals surface area contributed by atoms with E-state index in [1.165, 1.54) is 11.8 Å². The van der Waals surface area contributed by atoms with E-state index in [1.807, 2.05) is 19.1 Å². The van der Waals surface area contributed by atoms with Gasteiger partial charge in [0.25, 0.3) is 0 Å². The van der Waals surface area contributed by atoms with Gasteiger partial charge in [-0.1, -0.05) is 24.0 Å². The van der Waals surface area contributed by atoms with Crippen LogP contribution in [0.1, 0.15) is 5.01 Å². The largest absolute Gasteiger partial charge is 0.383 e. The summed E-state index contributed by atoms with van der Waals surface area (Å²) in [5.74, 6) is -0.0165.